The molecule has 5 heteroatoms. The summed E-state index contributed by atoms with van der Waals surface area (Å²) in [5.74, 6) is 0. The van der Waals surface area contributed by atoms with Gasteiger partial charge in [-0.1, -0.05) is 30.3 Å². The highest BCUT2D eigenvalue weighted by molar-refractivity contribution is 5.60. The monoisotopic (exact) mass is 290 g/mol. The summed E-state index contributed by atoms with van der Waals surface area (Å²) in [6.07, 6.45) is 1.45. The summed E-state index contributed by atoms with van der Waals surface area (Å²) in [5, 5.41) is 4.73. The van der Waals surface area contributed by atoms with Crippen LogP contribution in [-0.4, -0.2) is 48.0 Å². The van der Waals surface area contributed by atoms with E-state index in [1.165, 1.54) is 5.56 Å². The average molecular weight is 290 g/mol. The van der Waals surface area contributed by atoms with Crippen LogP contribution in [-0.2, 0) is 16.0 Å². The van der Waals surface area contributed by atoms with Gasteiger partial charge < -0.3 is 9.47 Å². The molecule has 21 heavy (non-hydrogen) atoms. The third kappa shape index (κ3) is 3.36. The lowest BCUT2D eigenvalue weighted by Crippen LogP contribution is -2.38. The lowest BCUT2D eigenvalue weighted by molar-refractivity contribution is -0.0108. The number of fused-ring (bicyclic) bond motifs is 1. The van der Waals surface area contributed by atoms with Crippen molar-refractivity contribution in [1.29, 1.82) is 0 Å². The van der Waals surface area contributed by atoms with Crippen LogP contribution in [0.4, 0.5) is 4.79 Å². The molecule has 2 saturated heterocycles. The van der Waals surface area contributed by atoms with Gasteiger partial charge in [-0.3, -0.25) is 0 Å². The quantitative estimate of drug-likeness (QED) is 0.797. The molecule has 2 unspecified atom stereocenters. The number of hydrogen-bond acceptors (Lipinski definition) is 5. The van der Waals surface area contributed by atoms with Gasteiger partial charge in [0.05, 0.1) is 13.2 Å². The van der Waals surface area contributed by atoms with Gasteiger partial charge in [0.25, 0.3) is 0 Å². The molecule has 5 nitrogen and oxygen atoms in total. The summed E-state index contributed by atoms with van der Waals surface area (Å²) in [6, 6.07) is 11.0. The largest absolute Gasteiger partial charge is 0.508 e. The Morgan fingerprint density at radius 1 is 1.33 bits per heavy atom. The minimum absolute atomic E-state index is 0.0485. The van der Waals surface area contributed by atoms with E-state index in [4.69, 9.17) is 9.47 Å². The number of rotatable bonds is 4. The molecule has 2 fully saturated rings. The van der Waals surface area contributed by atoms with Crippen molar-refractivity contribution in [3.63, 3.8) is 0 Å². The number of nitrogens with zero attached hydrogens (tertiary/aromatic N) is 2. The Balaban J connectivity index is 1.55. The fourth-order valence-corrected chi connectivity index (χ4v) is 3.23. The highest BCUT2D eigenvalue weighted by Gasteiger charge is 2.41. The molecule has 0 radical (unpaired) electrons. The maximum absolute atomic E-state index is 11.4. The van der Waals surface area contributed by atoms with Crippen LogP contribution in [0.2, 0.25) is 0 Å². The zero-order valence-electron chi connectivity index (χ0n) is 12.4. The lowest BCUT2D eigenvalue weighted by Gasteiger charge is -2.27. The predicted molar refractivity (Wildman–Crippen MR) is 78.5 cm³/mol. The average Bonchev–Trinajstić information content (AvgIpc) is 3.02. The molecule has 1 aromatic carbocycles. The second-order valence-electron chi connectivity index (χ2n) is 5.60. The van der Waals surface area contributed by atoms with E-state index < -0.39 is 6.16 Å². The Morgan fingerprint density at radius 2 is 2.14 bits per heavy atom. The minimum Gasteiger partial charge on any atom is -0.435 e. The van der Waals surface area contributed by atoms with E-state index in [2.05, 4.69) is 34.3 Å². The van der Waals surface area contributed by atoms with Gasteiger partial charge >= 0.3 is 6.16 Å². The number of hydrazine groups is 1. The molecular weight excluding hydrogens is 268 g/mol. The van der Waals surface area contributed by atoms with Crippen LogP contribution >= 0.6 is 0 Å². The molecule has 0 spiro atoms. The van der Waals surface area contributed by atoms with E-state index in [1.807, 2.05) is 6.07 Å². The molecule has 2 atom stereocenters. The first-order valence-corrected chi connectivity index (χ1v) is 7.65. The van der Waals surface area contributed by atoms with Gasteiger partial charge in [0.2, 0.25) is 0 Å². The van der Waals surface area contributed by atoms with Crippen molar-refractivity contribution in [2.75, 3.05) is 19.7 Å². The topological polar surface area (TPSA) is 42.0 Å². The van der Waals surface area contributed by atoms with Crippen molar-refractivity contribution in [2.45, 2.75) is 38.5 Å². The van der Waals surface area contributed by atoms with Crippen LogP contribution in [0.5, 0.6) is 0 Å². The standard InChI is InChI=1S/C16H22N2O3/c1-2-20-16(19)21-15-10-14-8-9-17(18(14)12-15)11-13-6-4-3-5-7-13/h3-7,14-15H,2,8-12H2,1H3. The Labute approximate surface area is 125 Å². The van der Waals surface area contributed by atoms with Crippen LogP contribution < -0.4 is 0 Å². The highest BCUT2D eigenvalue weighted by atomic mass is 16.7. The maximum atomic E-state index is 11.4. The van der Waals surface area contributed by atoms with E-state index in [0.29, 0.717) is 12.6 Å². The van der Waals surface area contributed by atoms with Gasteiger partial charge in [-0.15, -0.1) is 0 Å². The fraction of sp³-hybridized carbons (Fsp3) is 0.562. The van der Waals surface area contributed by atoms with Gasteiger partial charge in [-0.2, -0.15) is 0 Å². The number of ether oxygens (including phenoxy) is 2. The number of carbonyl (C=O) groups excluding carboxylic acids is 1. The third-order valence-corrected chi connectivity index (χ3v) is 4.16. The zero-order valence-corrected chi connectivity index (χ0v) is 12.4. The van der Waals surface area contributed by atoms with Crippen molar-refractivity contribution in [3.8, 4) is 0 Å². The highest BCUT2D eigenvalue weighted by Crippen LogP contribution is 2.31. The molecule has 0 bridgehead atoms. The second-order valence-corrected chi connectivity index (χ2v) is 5.60. The molecule has 2 aliphatic heterocycles. The Morgan fingerprint density at radius 3 is 2.90 bits per heavy atom. The molecule has 0 saturated carbocycles. The molecule has 0 N–H and O–H groups in total. The molecule has 0 aromatic heterocycles. The van der Waals surface area contributed by atoms with Gasteiger partial charge in [-0.25, -0.2) is 14.8 Å². The fourth-order valence-electron chi connectivity index (χ4n) is 3.23. The molecule has 3 rings (SSSR count). The summed E-state index contributed by atoms with van der Waals surface area (Å²) in [6.45, 7) is 4.92. The normalized spacial score (nSPS) is 25.8. The minimum atomic E-state index is -0.543. The van der Waals surface area contributed by atoms with Crippen molar-refractivity contribution >= 4 is 6.16 Å². The van der Waals surface area contributed by atoms with Crippen LogP contribution in [0.25, 0.3) is 0 Å². The first kappa shape index (κ1) is 14.4. The van der Waals surface area contributed by atoms with Gasteiger partial charge in [0.15, 0.2) is 0 Å². The zero-order chi connectivity index (χ0) is 14.7. The molecule has 1 aromatic rings. The van der Waals surface area contributed by atoms with Gasteiger partial charge in [0, 0.05) is 25.6 Å². The summed E-state index contributed by atoms with van der Waals surface area (Å²) in [5.41, 5.74) is 1.31. The maximum Gasteiger partial charge on any atom is 0.508 e. The van der Waals surface area contributed by atoms with Gasteiger partial charge in [-0.05, 0) is 18.9 Å². The second kappa shape index (κ2) is 6.45. The molecule has 2 heterocycles. The molecule has 2 aliphatic rings. The van der Waals surface area contributed by atoms with E-state index in [1.54, 1.807) is 6.92 Å². The van der Waals surface area contributed by atoms with E-state index in [0.717, 1.165) is 32.5 Å². The third-order valence-electron chi connectivity index (χ3n) is 4.16. The van der Waals surface area contributed by atoms with Gasteiger partial charge in [0.1, 0.15) is 6.10 Å². The Bertz CT molecular complexity index is 480. The van der Waals surface area contributed by atoms with Crippen molar-refractivity contribution < 1.29 is 14.3 Å². The summed E-state index contributed by atoms with van der Waals surface area (Å²) >= 11 is 0. The smallest absolute Gasteiger partial charge is 0.435 e. The van der Waals surface area contributed by atoms with E-state index >= 15 is 0 Å². The van der Waals surface area contributed by atoms with Crippen LogP contribution in [0.3, 0.4) is 0 Å². The first-order valence-electron chi connectivity index (χ1n) is 7.65. The lowest BCUT2D eigenvalue weighted by atomic mass is 10.1. The van der Waals surface area contributed by atoms with E-state index in [-0.39, 0.29) is 6.10 Å². The number of hydrogen-bond donors (Lipinski definition) is 0. The van der Waals surface area contributed by atoms with Crippen molar-refractivity contribution in [3.05, 3.63) is 35.9 Å². The molecule has 114 valence electrons. The van der Waals surface area contributed by atoms with Crippen LogP contribution in [0.15, 0.2) is 30.3 Å². The molecular formula is C16H22N2O3. The SMILES string of the molecule is CCOC(=O)OC1CC2CCN(Cc3ccccc3)N2C1. The predicted octanol–water partition coefficient (Wildman–Crippen LogP) is 2.42. The van der Waals surface area contributed by atoms with Crippen molar-refractivity contribution in [1.82, 2.24) is 10.0 Å². The summed E-state index contributed by atoms with van der Waals surface area (Å²) in [7, 11) is 0. The summed E-state index contributed by atoms with van der Waals surface area (Å²) < 4.78 is 10.2. The Kier molecular flexibility index (Phi) is 4.41. The number of carbonyl (C=O) groups is 1. The van der Waals surface area contributed by atoms with Crippen LogP contribution in [0, 0.1) is 0 Å². The first-order chi connectivity index (χ1) is 10.3. The Hall–Kier alpha value is -1.59. The molecule has 0 amide bonds. The molecule has 0 aliphatic carbocycles. The van der Waals surface area contributed by atoms with Crippen molar-refractivity contribution in [2.24, 2.45) is 0 Å². The number of benzene rings is 1. The van der Waals surface area contributed by atoms with E-state index in [9.17, 15) is 4.79 Å². The summed E-state index contributed by atoms with van der Waals surface area (Å²) in [4.78, 5) is 11.4. The van der Waals surface area contributed by atoms with Crippen LogP contribution in [0.1, 0.15) is 25.3 Å².